The van der Waals surface area contributed by atoms with Crippen molar-refractivity contribution >= 4 is 29.1 Å². The first-order valence-corrected chi connectivity index (χ1v) is 8.64. The van der Waals surface area contributed by atoms with Gasteiger partial charge in [0.2, 0.25) is 11.8 Å². The number of rotatable bonds is 8. The molecule has 0 spiro atoms. The SMILES string of the molecule is CC(C)N(CC(N)=O)CC(=O)Nc1ccccc1C(=O)Nc1ccccc1. The number of amides is 3. The van der Waals surface area contributed by atoms with Gasteiger partial charge in [-0.25, -0.2) is 0 Å². The van der Waals surface area contributed by atoms with Gasteiger partial charge in [-0.05, 0) is 38.1 Å². The first kappa shape index (κ1) is 20.1. The molecule has 2 aromatic rings. The minimum Gasteiger partial charge on any atom is -0.369 e. The molecule has 0 radical (unpaired) electrons. The van der Waals surface area contributed by atoms with Gasteiger partial charge >= 0.3 is 0 Å². The number of anilines is 2. The quantitative estimate of drug-likeness (QED) is 0.663. The first-order valence-electron chi connectivity index (χ1n) is 8.64. The maximum Gasteiger partial charge on any atom is 0.257 e. The van der Waals surface area contributed by atoms with Gasteiger partial charge in [-0.1, -0.05) is 30.3 Å². The van der Waals surface area contributed by atoms with Crippen molar-refractivity contribution in [2.75, 3.05) is 23.7 Å². The summed E-state index contributed by atoms with van der Waals surface area (Å²) in [4.78, 5) is 37.8. The molecule has 7 heteroatoms. The number of primary amides is 1. The van der Waals surface area contributed by atoms with Crippen molar-refractivity contribution in [3.05, 3.63) is 60.2 Å². The Morgan fingerprint density at radius 1 is 0.926 bits per heavy atom. The van der Waals surface area contributed by atoms with E-state index in [9.17, 15) is 14.4 Å². The molecule has 3 amide bonds. The lowest BCUT2D eigenvalue weighted by Gasteiger charge is -2.24. The van der Waals surface area contributed by atoms with Crippen LogP contribution in [0.4, 0.5) is 11.4 Å². The highest BCUT2D eigenvalue weighted by Crippen LogP contribution is 2.17. The van der Waals surface area contributed by atoms with E-state index in [4.69, 9.17) is 5.73 Å². The van der Waals surface area contributed by atoms with E-state index in [1.165, 1.54) is 0 Å². The van der Waals surface area contributed by atoms with Crippen LogP contribution >= 0.6 is 0 Å². The Morgan fingerprint density at radius 3 is 2.19 bits per heavy atom. The molecule has 2 rings (SSSR count). The van der Waals surface area contributed by atoms with Crippen LogP contribution in [0.5, 0.6) is 0 Å². The van der Waals surface area contributed by atoms with Gasteiger partial charge in [0.25, 0.3) is 5.91 Å². The zero-order valence-electron chi connectivity index (χ0n) is 15.4. The second-order valence-electron chi connectivity index (χ2n) is 6.38. The van der Waals surface area contributed by atoms with Gasteiger partial charge in [-0.2, -0.15) is 0 Å². The van der Waals surface area contributed by atoms with Crippen molar-refractivity contribution < 1.29 is 14.4 Å². The van der Waals surface area contributed by atoms with Crippen molar-refractivity contribution in [2.45, 2.75) is 19.9 Å². The van der Waals surface area contributed by atoms with Crippen molar-refractivity contribution in [1.82, 2.24) is 4.90 Å². The van der Waals surface area contributed by atoms with Crippen LogP contribution in [0.25, 0.3) is 0 Å². The number of nitrogens with one attached hydrogen (secondary N) is 2. The summed E-state index contributed by atoms with van der Waals surface area (Å²) < 4.78 is 0. The van der Waals surface area contributed by atoms with E-state index in [0.717, 1.165) is 0 Å². The molecule has 0 aliphatic rings. The monoisotopic (exact) mass is 368 g/mol. The highest BCUT2D eigenvalue weighted by atomic mass is 16.2. The average molecular weight is 368 g/mol. The molecule has 27 heavy (non-hydrogen) atoms. The Balaban J connectivity index is 2.09. The third-order valence-corrected chi connectivity index (χ3v) is 3.91. The van der Waals surface area contributed by atoms with Crippen LogP contribution in [0, 0.1) is 0 Å². The number of hydrogen-bond donors (Lipinski definition) is 3. The predicted octanol–water partition coefficient (Wildman–Crippen LogP) is 2.07. The molecule has 7 nitrogen and oxygen atoms in total. The van der Waals surface area contributed by atoms with Gasteiger partial charge in [0, 0.05) is 11.7 Å². The molecule has 142 valence electrons. The summed E-state index contributed by atoms with van der Waals surface area (Å²) in [5, 5.41) is 5.54. The first-order chi connectivity index (χ1) is 12.9. The number of nitrogens with zero attached hydrogens (tertiary/aromatic N) is 1. The molecule has 0 unspecified atom stereocenters. The van der Waals surface area contributed by atoms with Gasteiger partial charge in [-0.15, -0.1) is 0 Å². The number of carbonyl (C=O) groups excluding carboxylic acids is 3. The molecule has 0 bridgehead atoms. The Morgan fingerprint density at radius 2 is 1.56 bits per heavy atom. The zero-order chi connectivity index (χ0) is 19.8. The van der Waals surface area contributed by atoms with E-state index in [2.05, 4.69) is 10.6 Å². The maximum absolute atomic E-state index is 12.6. The molecular formula is C20H24N4O3. The lowest BCUT2D eigenvalue weighted by atomic mass is 10.1. The summed E-state index contributed by atoms with van der Waals surface area (Å²) in [5.74, 6) is -1.15. The van der Waals surface area contributed by atoms with E-state index in [-0.39, 0.29) is 30.9 Å². The smallest absolute Gasteiger partial charge is 0.257 e. The highest BCUT2D eigenvalue weighted by Gasteiger charge is 2.18. The molecule has 0 atom stereocenters. The molecule has 0 heterocycles. The molecule has 0 aromatic heterocycles. The third-order valence-electron chi connectivity index (χ3n) is 3.91. The molecule has 0 aliphatic carbocycles. The predicted molar refractivity (Wildman–Crippen MR) is 105 cm³/mol. The van der Waals surface area contributed by atoms with Crippen molar-refractivity contribution in [2.24, 2.45) is 5.73 Å². The Hall–Kier alpha value is -3.19. The largest absolute Gasteiger partial charge is 0.369 e. The second-order valence-corrected chi connectivity index (χ2v) is 6.38. The van der Waals surface area contributed by atoms with E-state index < -0.39 is 5.91 Å². The fourth-order valence-corrected chi connectivity index (χ4v) is 2.51. The molecule has 0 saturated carbocycles. The normalized spacial score (nSPS) is 10.7. The minimum absolute atomic E-state index is 0.00472. The van der Waals surface area contributed by atoms with Gasteiger partial charge < -0.3 is 16.4 Å². The van der Waals surface area contributed by atoms with Gasteiger partial charge in [-0.3, -0.25) is 19.3 Å². The fourth-order valence-electron chi connectivity index (χ4n) is 2.51. The van der Waals surface area contributed by atoms with Crippen molar-refractivity contribution in [1.29, 1.82) is 0 Å². The lowest BCUT2D eigenvalue weighted by molar-refractivity contribution is -0.121. The maximum atomic E-state index is 12.6. The summed E-state index contributed by atoms with van der Waals surface area (Å²) >= 11 is 0. The summed E-state index contributed by atoms with van der Waals surface area (Å²) in [7, 11) is 0. The van der Waals surface area contributed by atoms with E-state index in [1.54, 1.807) is 41.3 Å². The number of nitrogens with two attached hydrogens (primary N) is 1. The van der Waals surface area contributed by atoms with Crippen molar-refractivity contribution in [3.63, 3.8) is 0 Å². The molecule has 4 N–H and O–H groups in total. The second kappa shape index (κ2) is 9.49. The van der Waals surface area contributed by atoms with Crippen LogP contribution in [0.15, 0.2) is 54.6 Å². The molecular weight excluding hydrogens is 344 g/mol. The topological polar surface area (TPSA) is 105 Å². The zero-order valence-corrected chi connectivity index (χ0v) is 15.4. The van der Waals surface area contributed by atoms with Gasteiger partial charge in [0.05, 0.1) is 24.3 Å². The number of carbonyl (C=O) groups is 3. The summed E-state index contributed by atoms with van der Waals surface area (Å²) in [5.41, 5.74) is 6.64. The lowest BCUT2D eigenvalue weighted by Crippen LogP contribution is -2.43. The Kier molecular flexibility index (Phi) is 7.08. The van der Waals surface area contributed by atoms with Crippen molar-refractivity contribution in [3.8, 4) is 0 Å². The number of benzene rings is 2. The number of para-hydroxylation sites is 2. The Labute approximate surface area is 158 Å². The van der Waals surface area contributed by atoms with Crippen LogP contribution in [0.2, 0.25) is 0 Å². The van der Waals surface area contributed by atoms with Gasteiger partial charge in [0.15, 0.2) is 0 Å². The summed E-state index contributed by atoms with van der Waals surface area (Å²) in [6.07, 6.45) is 0. The van der Waals surface area contributed by atoms with Gasteiger partial charge in [0.1, 0.15) is 0 Å². The molecule has 0 aliphatic heterocycles. The van der Waals surface area contributed by atoms with E-state index in [0.29, 0.717) is 16.9 Å². The minimum atomic E-state index is -0.501. The molecule has 0 fully saturated rings. The average Bonchev–Trinajstić information content (AvgIpc) is 2.62. The van der Waals surface area contributed by atoms with E-state index >= 15 is 0 Å². The summed E-state index contributed by atoms with van der Waals surface area (Å²) in [6, 6.07) is 15.8. The highest BCUT2D eigenvalue weighted by molar-refractivity contribution is 6.10. The van der Waals surface area contributed by atoms with Crippen LogP contribution in [0.1, 0.15) is 24.2 Å². The fraction of sp³-hybridized carbons (Fsp3) is 0.250. The van der Waals surface area contributed by atoms with Crippen LogP contribution in [-0.4, -0.2) is 41.8 Å². The molecule has 2 aromatic carbocycles. The van der Waals surface area contributed by atoms with Crippen LogP contribution in [0.3, 0.4) is 0 Å². The van der Waals surface area contributed by atoms with Crippen LogP contribution in [-0.2, 0) is 9.59 Å². The summed E-state index contributed by atoms with van der Waals surface area (Å²) in [6.45, 7) is 3.73. The van der Waals surface area contributed by atoms with E-state index in [1.807, 2.05) is 32.0 Å². The standard InChI is InChI=1S/C20H24N4O3/c1-14(2)24(12-18(21)25)13-19(26)23-17-11-7-6-10-16(17)20(27)22-15-8-4-3-5-9-15/h3-11,14H,12-13H2,1-2H3,(H2,21,25)(H,22,27)(H,23,26). The number of hydrogen-bond acceptors (Lipinski definition) is 4. The molecule has 0 saturated heterocycles. The Bertz CT molecular complexity index is 806. The van der Waals surface area contributed by atoms with Crippen LogP contribution < -0.4 is 16.4 Å². The third kappa shape index (κ3) is 6.23.